The Morgan fingerprint density at radius 2 is 0.396 bits per heavy atom. The summed E-state index contributed by atoms with van der Waals surface area (Å²) < 4.78 is 135. The Labute approximate surface area is 784 Å². The van der Waals surface area contributed by atoms with Crippen LogP contribution in [0, 0.1) is 0 Å². The Balaban J connectivity index is 0.904. The van der Waals surface area contributed by atoms with Crippen LogP contribution >= 0.6 is 0 Å². The summed E-state index contributed by atoms with van der Waals surface area (Å²) in [6.45, 7) is -12.2. The molecule has 12 saturated heterocycles. The summed E-state index contributed by atoms with van der Waals surface area (Å²) in [5, 5.41) is 408. The summed E-state index contributed by atoms with van der Waals surface area (Å²) in [7, 11) is 0. The largest absolute Gasteiger partial charge is 0.394 e. The predicted molar refractivity (Wildman–Crippen MR) is 418 cm³/mol. The molecule has 808 valence electrons. The summed E-state index contributed by atoms with van der Waals surface area (Å²) in [4.78, 5) is 25.5. The zero-order valence-electron chi connectivity index (χ0n) is 73.4. The fourth-order valence-corrected chi connectivity index (χ4v) is 17.9. The molecule has 12 rings (SSSR count). The van der Waals surface area contributed by atoms with Crippen molar-refractivity contribution in [3.05, 3.63) is 0 Å². The average Bonchev–Trinajstić information content (AvgIpc) is 0.765. The Bertz CT molecular complexity index is 3730. The third kappa shape index (κ3) is 24.7. The summed E-state index contributed by atoms with van der Waals surface area (Å²) in [6, 6.07) is -3.78. The van der Waals surface area contributed by atoms with Crippen molar-refractivity contribution in [1.29, 1.82) is 0 Å². The molecule has 0 aromatic carbocycles. The van der Waals surface area contributed by atoms with Gasteiger partial charge in [0.05, 0.1) is 79.3 Å². The second-order valence-electron chi connectivity index (χ2n) is 35.2. The van der Waals surface area contributed by atoms with E-state index in [4.69, 9.17) is 109 Å². The van der Waals surface area contributed by atoms with Crippen molar-refractivity contribution in [3.8, 4) is 0 Å². The number of amides is 2. The van der Waals surface area contributed by atoms with Gasteiger partial charge in [0.15, 0.2) is 75.5 Å². The summed E-state index contributed by atoms with van der Waals surface area (Å²) in [5.41, 5.74) is 0. The van der Waals surface area contributed by atoms with Gasteiger partial charge in [0, 0.05) is 13.8 Å². The molecule has 38 N–H and O–H groups in total. The van der Waals surface area contributed by atoms with Gasteiger partial charge in [-0.3, -0.25) is 9.59 Å². The average molecular weight is 2050 g/mol. The van der Waals surface area contributed by atoms with Gasteiger partial charge in [-0.25, -0.2) is 0 Å². The fraction of sp³-hybridized carbons (Fsp3) is 0.974. The number of carbonyl (C=O) groups excluding carboxylic acids is 2. The van der Waals surface area contributed by atoms with E-state index < -0.39 is 459 Å². The molecule has 12 fully saturated rings. The highest BCUT2D eigenvalue weighted by molar-refractivity contribution is 5.73. The third-order valence-electron chi connectivity index (χ3n) is 25.9. The van der Waals surface area contributed by atoms with Crippen molar-refractivity contribution in [1.82, 2.24) is 10.6 Å². The first kappa shape index (κ1) is 114. The molecular weight excluding hydrogens is 1920 g/mol. The van der Waals surface area contributed by atoms with Gasteiger partial charge in [-0.05, 0) is 0 Å². The van der Waals surface area contributed by atoms with E-state index in [1.165, 1.54) is 0 Å². The van der Waals surface area contributed by atoms with Gasteiger partial charge in [0.25, 0.3) is 0 Å². The van der Waals surface area contributed by atoms with Crippen LogP contribution in [0.4, 0.5) is 0 Å². The molecule has 0 spiro atoms. The Hall–Kier alpha value is -3.42. The van der Waals surface area contributed by atoms with Gasteiger partial charge >= 0.3 is 0 Å². The van der Waals surface area contributed by atoms with Crippen LogP contribution in [0.2, 0.25) is 0 Å². The van der Waals surface area contributed by atoms with E-state index in [0.717, 1.165) is 13.8 Å². The van der Waals surface area contributed by atoms with Crippen LogP contribution in [0.25, 0.3) is 0 Å². The molecule has 0 saturated carbocycles. The number of aliphatic hydroxyl groups is 36. The number of aliphatic hydroxyl groups excluding tert-OH is 36. The summed E-state index contributed by atoms with van der Waals surface area (Å²) >= 11 is 0. The second kappa shape index (κ2) is 49.8. The minimum absolute atomic E-state index is 0.842. The fourth-order valence-electron chi connectivity index (χ4n) is 17.9. The maximum atomic E-state index is 13.2. The van der Waals surface area contributed by atoms with Crippen LogP contribution in [0.15, 0.2) is 0 Å². The number of ether oxygens (including phenoxy) is 23. The van der Waals surface area contributed by atoms with Crippen molar-refractivity contribution < 1.29 is 302 Å². The lowest BCUT2D eigenvalue weighted by molar-refractivity contribution is -0.409. The number of hydrogen-bond donors (Lipinski definition) is 38. The van der Waals surface area contributed by atoms with E-state index in [0.29, 0.717) is 0 Å². The minimum atomic E-state index is -2.78. The number of carbonyl (C=O) groups is 2. The minimum Gasteiger partial charge on any atom is -0.394 e. The number of rotatable bonds is 36. The Kier molecular flexibility index (Phi) is 41.0. The van der Waals surface area contributed by atoms with Crippen LogP contribution < -0.4 is 10.6 Å². The smallest absolute Gasteiger partial charge is 0.217 e. The maximum Gasteiger partial charge on any atom is 0.217 e. The van der Waals surface area contributed by atoms with Crippen molar-refractivity contribution in [3.63, 3.8) is 0 Å². The van der Waals surface area contributed by atoms with E-state index in [1.807, 2.05) is 0 Å². The maximum absolute atomic E-state index is 13.2. The molecule has 0 aromatic heterocycles. The Morgan fingerprint density at radius 1 is 0.187 bits per heavy atom. The first-order valence-corrected chi connectivity index (χ1v) is 44.2. The van der Waals surface area contributed by atoms with Gasteiger partial charge in [0.1, 0.15) is 293 Å². The highest BCUT2D eigenvalue weighted by atomic mass is 16.8. The molecule has 0 aromatic rings. The van der Waals surface area contributed by atoms with Crippen LogP contribution in [0.5, 0.6) is 0 Å². The van der Waals surface area contributed by atoms with Gasteiger partial charge in [-0.15, -0.1) is 0 Å². The van der Waals surface area contributed by atoms with Crippen LogP contribution in [-0.2, 0) is 119 Å². The lowest BCUT2D eigenvalue weighted by Crippen LogP contribution is -2.70. The molecule has 2 amide bonds. The lowest BCUT2D eigenvalue weighted by atomic mass is 9.94. The van der Waals surface area contributed by atoms with Gasteiger partial charge in [0.2, 0.25) is 11.8 Å². The first-order valence-electron chi connectivity index (χ1n) is 44.2. The van der Waals surface area contributed by atoms with Gasteiger partial charge < -0.3 is 303 Å². The summed E-state index contributed by atoms with van der Waals surface area (Å²) in [6.07, 6.45) is -130. The highest BCUT2D eigenvalue weighted by Crippen LogP contribution is 2.42. The van der Waals surface area contributed by atoms with Gasteiger partial charge in [-0.1, -0.05) is 0 Å². The van der Waals surface area contributed by atoms with Crippen LogP contribution in [0.3, 0.4) is 0 Å². The van der Waals surface area contributed by atoms with E-state index in [1.54, 1.807) is 0 Å². The third-order valence-corrected chi connectivity index (χ3v) is 25.9. The van der Waals surface area contributed by atoms with Crippen molar-refractivity contribution >= 4 is 11.8 Å². The molecule has 12 aliphatic heterocycles. The number of hydrogen-bond acceptors (Lipinski definition) is 61. The molecule has 0 bridgehead atoms. The molecule has 63 nitrogen and oxygen atoms in total. The van der Waals surface area contributed by atoms with E-state index in [9.17, 15) is 193 Å². The SMILES string of the molecule is CC(=O)N[C@@H]1[C@@H](O)[C@H](O[C@@H]2O[C@H](CO)[C@@H](O[C@@H]3O[C@H](CO[C@H]4O[C@H](CO[C@H]5O[C@H](CO)[C@@H](O)[C@H](O)[C@@H]5O[C@H]5O[C@H](CO)[C@@H](O)[C@H](O[C@H]6O[C@H](CO)[C@@H](O)[C@H](O)[C@@H]6O)[C@@H]5O)[C@@H](O)[C@H](O[C@H]5O[C@H](CO)[C@@H](O)[C@H](O)[C@@H]5O)[C@@H]4O)[C@@H](O)[C@H](O[C@H]4O[C@H](CO[C@H]5O[C@H](CO)[C@@H](O)[C@H](O)[C@@H]5O)[C@@H](O)[C@H](O)[C@@H]4O[C@H]4O[C@H](CO)[C@@H](O)[C@H](O)[C@@H]4O[C@H]4O[C@H](CO)[C@@H](O)[C@H](O)[C@@H]4O)[C@@H]3O)[C@H](O)[C@H]2NC(C)=O)[C@@H](CO)O[C@H]1O. The molecule has 12 heterocycles. The van der Waals surface area contributed by atoms with Crippen molar-refractivity contribution in [2.75, 3.05) is 79.3 Å². The second-order valence-corrected chi connectivity index (χ2v) is 35.2. The predicted octanol–water partition coefficient (Wildman–Crippen LogP) is -26.9. The molecule has 139 heavy (non-hydrogen) atoms. The number of nitrogens with one attached hydrogen (secondary N) is 2. The molecule has 60 atom stereocenters. The standard InChI is InChI=1S/C76H128N2O61/c1-15(88)77-29-41(100)57(24(10-86)120-65(29)116)132-66-30(78-16(2)89)42(101)58(25(11-87)128-66)133-73-56(115)61(136-76-64(49(108)37(96)26(131-76)12-117-67-50(109)43(102)31(90)17(3-79)121-67)139-75-63(48(107)36(95)22(8-84)127-75)138-71-53(112)46(105)34(93)20(6-82)124-71)40(99)28(130-73)13-118-68-54(113)60(135-70-52(111)45(104)33(92)19(5-81)123-70)39(98)27(129-68)14-119-74-62(47(106)35(94)21(7-83)126-74)137-72-55(114)59(38(97)23(9-85)125-72)134-69-51(110)44(103)32(91)18(4-80)122-69/h17-76,79-87,90-116H,3-14H2,1-2H3,(H,77,88)(H,78,89)/t17-,18-,19-,20-,21-,22-,23-,24-,25-,26-,27-,28-,29-,30-,31-,32-,33-,34-,35-,36-,37-,38-,39-,40-,41-,42-,43+,44+,45+,46+,47+,48+,49+,50+,51+,52+,53+,54+,55+,56+,57-,58-,59+,60+,61+,62+,63+,64+,65-,66+,67+,68+,69-,70-,71-,72-,73+,74+,75-,76-/m1/s1. The molecule has 0 radical (unpaired) electrons. The lowest BCUT2D eigenvalue weighted by Gasteiger charge is -2.51. The van der Waals surface area contributed by atoms with E-state index >= 15 is 0 Å². The van der Waals surface area contributed by atoms with Crippen molar-refractivity contribution in [2.45, 2.75) is 382 Å². The van der Waals surface area contributed by atoms with Gasteiger partial charge in [-0.2, -0.15) is 0 Å². The zero-order valence-corrected chi connectivity index (χ0v) is 73.4. The molecule has 0 unspecified atom stereocenters. The molecule has 63 heteroatoms. The molecular formula is C76H128N2O61. The van der Waals surface area contributed by atoms with Crippen LogP contribution in [-0.4, -0.2) is 643 Å². The normalized spacial score (nSPS) is 51.9. The van der Waals surface area contributed by atoms with E-state index in [-0.39, 0.29) is 0 Å². The molecule has 0 aliphatic carbocycles. The zero-order chi connectivity index (χ0) is 102. The molecule has 12 aliphatic rings. The first-order chi connectivity index (χ1) is 65.8. The van der Waals surface area contributed by atoms with Crippen molar-refractivity contribution in [2.24, 2.45) is 0 Å². The quantitative estimate of drug-likeness (QED) is 0.0277. The topological polar surface area (TPSA) is 999 Å². The van der Waals surface area contributed by atoms with E-state index in [2.05, 4.69) is 10.6 Å². The van der Waals surface area contributed by atoms with Crippen LogP contribution in [0.1, 0.15) is 13.8 Å². The summed E-state index contributed by atoms with van der Waals surface area (Å²) in [5.74, 6) is -1.87. The monoisotopic (exact) mass is 2040 g/mol. The Morgan fingerprint density at radius 3 is 0.777 bits per heavy atom. The highest BCUT2D eigenvalue weighted by Gasteiger charge is 2.63.